The van der Waals surface area contributed by atoms with Crippen molar-refractivity contribution in [2.45, 2.75) is 26.6 Å². The molecule has 3 N–H and O–H groups in total. The zero-order valence-corrected chi connectivity index (χ0v) is 18.7. The lowest BCUT2D eigenvalue weighted by molar-refractivity contribution is -0.274. The van der Waals surface area contributed by atoms with Crippen molar-refractivity contribution < 1.29 is 41.3 Å². The van der Waals surface area contributed by atoms with Crippen molar-refractivity contribution in [2.75, 3.05) is 4.72 Å². The molecule has 0 heterocycles. The molecule has 8 nitrogen and oxygen atoms in total. The molecule has 0 aliphatic carbocycles. The van der Waals surface area contributed by atoms with Crippen LogP contribution in [0.4, 0.5) is 18.9 Å². The number of carbonyl (C=O) groups is 1. The molecule has 0 saturated carbocycles. The van der Waals surface area contributed by atoms with Crippen molar-refractivity contribution in [3.8, 4) is 23.3 Å². The number of phenolic OH excluding ortho intramolecular Hbond substituents is 1. The number of aromatic hydroxyl groups is 1. The number of halogens is 3. The summed E-state index contributed by atoms with van der Waals surface area (Å²) in [5.74, 6) is 3.08. The molecule has 0 aliphatic heterocycles. The number of allylic oxidation sites excluding steroid dienone is 1. The molecule has 0 radical (unpaired) electrons. The molecular weight excluding hydrogens is 477 g/mol. The van der Waals surface area contributed by atoms with Gasteiger partial charge in [-0.1, -0.05) is 18.1 Å². The van der Waals surface area contributed by atoms with Gasteiger partial charge in [0.25, 0.3) is 10.0 Å². The lowest BCUT2D eigenvalue weighted by Gasteiger charge is -2.11. The van der Waals surface area contributed by atoms with Crippen molar-refractivity contribution in [1.29, 1.82) is 0 Å². The number of carboxylic acids is 1. The first-order valence-electron chi connectivity index (χ1n) is 9.45. The summed E-state index contributed by atoms with van der Waals surface area (Å²) in [7, 11) is -4.25. The van der Waals surface area contributed by atoms with Gasteiger partial charge in [0.05, 0.1) is 17.8 Å². The summed E-state index contributed by atoms with van der Waals surface area (Å²) in [6.45, 7) is 2.81. The van der Waals surface area contributed by atoms with Gasteiger partial charge in [0.15, 0.2) is 5.03 Å². The second-order valence-electron chi connectivity index (χ2n) is 6.68. The minimum Gasteiger partial charge on any atom is -0.506 e. The van der Waals surface area contributed by atoms with Crippen molar-refractivity contribution >= 4 is 27.4 Å². The second-order valence-corrected chi connectivity index (χ2v) is 8.31. The summed E-state index contributed by atoms with van der Waals surface area (Å²) in [4.78, 5) is 14.7. The van der Waals surface area contributed by atoms with E-state index in [2.05, 4.69) is 26.3 Å². The molecule has 2 aromatic carbocycles. The van der Waals surface area contributed by atoms with Crippen LogP contribution >= 0.6 is 0 Å². The van der Waals surface area contributed by atoms with E-state index in [4.69, 9.17) is 5.11 Å². The van der Waals surface area contributed by atoms with Crippen molar-refractivity contribution in [3.05, 3.63) is 64.7 Å². The minimum atomic E-state index is -4.85. The number of aliphatic carboxylic acids is 1. The van der Waals surface area contributed by atoms with E-state index >= 15 is 0 Å². The monoisotopic (exact) mass is 496 g/mol. The Morgan fingerprint density at radius 1 is 1.24 bits per heavy atom. The van der Waals surface area contributed by atoms with E-state index in [1.807, 2.05) is 0 Å². The van der Waals surface area contributed by atoms with Crippen molar-refractivity contribution in [3.63, 3.8) is 0 Å². The number of carboxylic acid groups (broad SMARTS) is 1. The van der Waals surface area contributed by atoms with E-state index < -0.39 is 38.9 Å². The zero-order chi connectivity index (χ0) is 25.5. The quantitative estimate of drug-likeness (QED) is 0.302. The summed E-state index contributed by atoms with van der Waals surface area (Å²) < 4.78 is 68.4. The van der Waals surface area contributed by atoms with Gasteiger partial charge in [-0.25, -0.2) is 4.99 Å². The van der Waals surface area contributed by atoms with Crippen LogP contribution in [0.5, 0.6) is 11.5 Å². The number of anilines is 1. The zero-order valence-electron chi connectivity index (χ0n) is 17.8. The Kier molecular flexibility index (Phi) is 8.31. The fraction of sp³-hybridized carbons (Fsp3) is 0.182. The first kappa shape index (κ1) is 26.3. The lowest BCUT2D eigenvalue weighted by atomic mass is 10.1. The summed E-state index contributed by atoms with van der Waals surface area (Å²) >= 11 is 0. The predicted octanol–water partition coefficient (Wildman–Crippen LogP) is 4.03. The van der Waals surface area contributed by atoms with Gasteiger partial charge in [-0.05, 0) is 61.7 Å². The van der Waals surface area contributed by atoms with Crippen LogP contribution in [0.3, 0.4) is 0 Å². The van der Waals surface area contributed by atoms with Crippen LogP contribution in [0.25, 0.3) is 0 Å². The Balaban J connectivity index is 2.22. The number of sulfonamides is 1. The van der Waals surface area contributed by atoms with Crippen LogP contribution in [-0.2, 0) is 21.2 Å². The third kappa shape index (κ3) is 8.18. The molecule has 0 amide bonds. The van der Waals surface area contributed by atoms with E-state index in [1.54, 1.807) is 0 Å². The van der Waals surface area contributed by atoms with Crippen molar-refractivity contribution in [2.24, 2.45) is 4.99 Å². The van der Waals surface area contributed by atoms with Crippen LogP contribution in [0.15, 0.2) is 58.6 Å². The molecular formula is C22H19F3N2O6S. The maximum Gasteiger partial charge on any atom is 0.573 e. The molecule has 0 bridgehead atoms. The number of rotatable bonds is 7. The van der Waals surface area contributed by atoms with E-state index in [0.29, 0.717) is 0 Å². The number of alkyl halides is 3. The van der Waals surface area contributed by atoms with Crippen LogP contribution in [-0.4, -0.2) is 36.7 Å². The molecule has 0 aromatic heterocycles. The number of nitrogens with one attached hydrogen (secondary N) is 1. The van der Waals surface area contributed by atoms with E-state index in [0.717, 1.165) is 18.2 Å². The molecule has 0 saturated heterocycles. The van der Waals surface area contributed by atoms with Gasteiger partial charge < -0.3 is 14.9 Å². The maximum absolute atomic E-state index is 12.7. The van der Waals surface area contributed by atoms with E-state index in [9.17, 15) is 31.5 Å². The normalized spacial score (nSPS) is 12.5. The number of benzene rings is 2. The Labute approximate surface area is 193 Å². The highest BCUT2D eigenvalue weighted by atomic mass is 32.2. The summed E-state index contributed by atoms with van der Waals surface area (Å²) in [5, 5.41) is 18.4. The molecule has 2 aromatic rings. The first-order chi connectivity index (χ1) is 15.8. The Hall–Kier alpha value is -3.98. The van der Waals surface area contributed by atoms with Crippen LogP contribution in [0, 0.1) is 11.8 Å². The first-order valence-corrected chi connectivity index (χ1v) is 10.9. The highest BCUT2D eigenvalue weighted by Gasteiger charge is 2.31. The molecule has 34 heavy (non-hydrogen) atoms. The van der Waals surface area contributed by atoms with E-state index in [1.165, 1.54) is 44.2 Å². The highest BCUT2D eigenvalue weighted by molar-refractivity contribution is 7.96. The number of aliphatic imine (C=N–C) groups is 1. The average Bonchev–Trinajstić information content (AvgIpc) is 2.71. The number of hydrogen-bond acceptors (Lipinski definition) is 6. The molecule has 2 rings (SSSR count). The molecule has 0 atom stereocenters. The summed E-state index contributed by atoms with van der Waals surface area (Å²) in [6.07, 6.45) is -4.02. The Morgan fingerprint density at radius 3 is 2.53 bits per heavy atom. The Bertz CT molecular complexity index is 1310. The van der Waals surface area contributed by atoms with Gasteiger partial charge in [0, 0.05) is 5.56 Å². The summed E-state index contributed by atoms with van der Waals surface area (Å²) in [5.41, 5.74) is 0.314. The number of ether oxygens (including phenoxy) is 1. The molecule has 0 spiro atoms. The van der Waals surface area contributed by atoms with Crippen LogP contribution < -0.4 is 9.46 Å². The van der Waals surface area contributed by atoms with Gasteiger partial charge in [-0.2, -0.15) is 8.42 Å². The summed E-state index contributed by atoms with van der Waals surface area (Å²) in [6, 6.07) is 8.62. The van der Waals surface area contributed by atoms with Gasteiger partial charge in [0.2, 0.25) is 0 Å². The molecule has 180 valence electrons. The third-order valence-electron chi connectivity index (χ3n) is 3.92. The smallest absolute Gasteiger partial charge is 0.506 e. The second kappa shape index (κ2) is 10.8. The Morgan fingerprint density at radius 2 is 1.94 bits per heavy atom. The van der Waals surface area contributed by atoms with Crippen LogP contribution in [0.2, 0.25) is 0 Å². The van der Waals surface area contributed by atoms with Gasteiger partial charge in [-0.3, -0.25) is 9.52 Å². The van der Waals surface area contributed by atoms with Gasteiger partial charge in [-0.15, -0.1) is 13.2 Å². The molecule has 0 unspecified atom stereocenters. The SMILES string of the molecule is C/C=C(\N=C(/C)C#Cc1cccc(OC(F)(F)F)c1)S(=O)(=O)Nc1ccc(CC(=O)O)cc1O. The third-order valence-corrected chi connectivity index (χ3v) is 5.28. The van der Waals surface area contributed by atoms with Gasteiger partial charge >= 0.3 is 12.3 Å². The number of hydrogen-bond donors (Lipinski definition) is 3. The standard InChI is InChI=1S/C22H19F3N2O6S/c1-3-20(34(31,32)27-18-10-9-16(12-19(18)28)13-21(29)30)26-14(2)7-8-15-5-4-6-17(11-15)33-22(23,24)25/h3-6,9-12,27-28H,13H2,1-2H3,(H,29,30)/b20-3+,26-14+. The topological polar surface area (TPSA) is 125 Å². The largest absolute Gasteiger partial charge is 0.573 e. The van der Waals surface area contributed by atoms with E-state index in [-0.39, 0.29) is 28.9 Å². The maximum atomic E-state index is 12.7. The molecule has 0 fully saturated rings. The number of nitrogens with zero attached hydrogens (tertiary/aromatic N) is 1. The fourth-order valence-electron chi connectivity index (χ4n) is 2.55. The predicted molar refractivity (Wildman–Crippen MR) is 119 cm³/mol. The molecule has 12 heteroatoms. The van der Waals surface area contributed by atoms with Gasteiger partial charge in [0.1, 0.15) is 11.5 Å². The highest BCUT2D eigenvalue weighted by Crippen LogP contribution is 2.27. The average molecular weight is 496 g/mol. The number of phenols is 1. The van der Waals surface area contributed by atoms with Crippen LogP contribution in [0.1, 0.15) is 25.0 Å². The molecule has 0 aliphatic rings. The fourth-order valence-corrected chi connectivity index (χ4v) is 3.69. The lowest BCUT2D eigenvalue weighted by Crippen LogP contribution is -2.17. The minimum absolute atomic E-state index is 0.0432. The van der Waals surface area contributed by atoms with Crippen molar-refractivity contribution in [1.82, 2.24) is 0 Å².